The second kappa shape index (κ2) is 10.9. The van der Waals surface area contributed by atoms with Gasteiger partial charge in [-0.1, -0.05) is 31.0 Å². The second-order valence-electron chi connectivity index (χ2n) is 10.7. The van der Waals surface area contributed by atoms with Gasteiger partial charge < -0.3 is 15.5 Å². The van der Waals surface area contributed by atoms with Gasteiger partial charge in [0.2, 0.25) is 5.91 Å². The first-order chi connectivity index (χ1) is 15.9. The van der Waals surface area contributed by atoms with Crippen LogP contribution in [-0.4, -0.2) is 59.9 Å². The number of unbranched alkanes of at least 4 members (excludes halogenated alkanes) is 2. The van der Waals surface area contributed by atoms with Crippen LogP contribution in [0.25, 0.3) is 0 Å². The van der Waals surface area contributed by atoms with E-state index in [2.05, 4.69) is 47.9 Å². The highest BCUT2D eigenvalue weighted by atomic mass is 16.2. The van der Waals surface area contributed by atoms with Crippen molar-refractivity contribution in [3.05, 3.63) is 29.8 Å². The summed E-state index contributed by atoms with van der Waals surface area (Å²) in [5, 5.41) is 7.69. The molecule has 4 rings (SSSR count). The zero-order valence-corrected chi connectivity index (χ0v) is 20.6. The minimum Gasteiger partial charge on any atom is -0.370 e. The predicted molar refractivity (Wildman–Crippen MR) is 136 cm³/mol. The van der Waals surface area contributed by atoms with Crippen LogP contribution in [0.5, 0.6) is 0 Å². The summed E-state index contributed by atoms with van der Waals surface area (Å²) in [7, 11) is 0. The minimum absolute atomic E-state index is 0.0480. The third-order valence-electron chi connectivity index (χ3n) is 8.28. The first-order valence-corrected chi connectivity index (χ1v) is 13.2. The summed E-state index contributed by atoms with van der Waals surface area (Å²) in [6, 6.07) is 9.88. The lowest BCUT2D eigenvalue weighted by molar-refractivity contribution is -0.123. The Kier molecular flexibility index (Phi) is 7.94. The maximum atomic E-state index is 13.5. The molecule has 1 aromatic carbocycles. The number of hydrogen-bond donors (Lipinski definition) is 2. The van der Waals surface area contributed by atoms with E-state index in [1.165, 1.54) is 44.2 Å². The predicted octanol–water partition coefficient (Wildman–Crippen LogP) is 4.23. The largest absolute Gasteiger partial charge is 0.370 e. The molecule has 3 aliphatic heterocycles. The minimum atomic E-state index is 0.0480. The van der Waals surface area contributed by atoms with Crippen molar-refractivity contribution in [2.45, 2.75) is 83.7 Å². The molecule has 2 unspecified atom stereocenters. The number of fused-ring (bicyclic) bond motifs is 1. The van der Waals surface area contributed by atoms with Gasteiger partial charge in [-0.3, -0.25) is 15.1 Å². The number of guanidine groups is 1. The van der Waals surface area contributed by atoms with E-state index in [4.69, 9.17) is 11.1 Å². The number of rotatable bonds is 8. The topological polar surface area (TPSA) is 76.7 Å². The molecule has 3 N–H and O–H groups in total. The highest BCUT2D eigenvalue weighted by Crippen LogP contribution is 2.35. The number of nitrogens with zero attached hydrogens (tertiary/aromatic N) is 3. The van der Waals surface area contributed by atoms with E-state index < -0.39 is 0 Å². The van der Waals surface area contributed by atoms with Crippen molar-refractivity contribution < 1.29 is 4.79 Å². The summed E-state index contributed by atoms with van der Waals surface area (Å²) in [4.78, 5) is 20.2. The molecule has 0 aromatic heterocycles. The number of para-hydroxylation sites is 1. The Morgan fingerprint density at radius 3 is 2.52 bits per heavy atom. The fourth-order valence-electron chi connectivity index (χ4n) is 6.36. The number of likely N-dealkylation sites (tertiary alicyclic amines) is 2. The molecule has 182 valence electrons. The molecule has 3 heterocycles. The van der Waals surface area contributed by atoms with Crippen molar-refractivity contribution in [3.8, 4) is 0 Å². The van der Waals surface area contributed by atoms with Gasteiger partial charge in [0, 0.05) is 43.3 Å². The van der Waals surface area contributed by atoms with E-state index in [-0.39, 0.29) is 11.9 Å². The Labute approximate surface area is 200 Å². The Morgan fingerprint density at radius 2 is 1.79 bits per heavy atom. The summed E-state index contributed by atoms with van der Waals surface area (Å²) in [6.07, 6.45) is 10.2. The van der Waals surface area contributed by atoms with E-state index in [0.29, 0.717) is 23.9 Å². The van der Waals surface area contributed by atoms with Crippen LogP contribution >= 0.6 is 0 Å². The zero-order chi connectivity index (χ0) is 23.4. The summed E-state index contributed by atoms with van der Waals surface area (Å²) >= 11 is 0. The maximum Gasteiger partial charge on any atom is 0.230 e. The van der Waals surface area contributed by atoms with Crippen LogP contribution in [0.4, 0.5) is 5.69 Å². The summed E-state index contributed by atoms with van der Waals surface area (Å²) in [5.41, 5.74) is 8.10. The molecule has 2 saturated heterocycles. The molecule has 0 saturated carbocycles. The summed E-state index contributed by atoms with van der Waals surface area (Å²) in [6.45, 7) is 8.41. The number of amides is 1. The molecular weight excluding hydrogens is 410 g/mol. The summed E-state index contributed by atoms with van der Waals surface area (Å²) < 4.78 is 0. The quantitative estimate of drug-likeness (QED) is 0.351. The van der Waals surface area contributed by atoms with Gasteiger partial charge in [0.05, 0.1) is 0 Å². The highest BCUT2D eigenvalue weighted by Gasteiger charge is 2.35. The molecular formula is C27H43N5O. The molecule has 2 fully saturated rings. The molecule has 1 aromatic rings. The van der Waals surface area contributed by atoms with Gasteiger partial charge in [-0.15, -0.1) is 0 Å². The van der Waals surface area contributed by atoms with Gasteiger partial charge >= 0.3 is 0 Å². The van der Waals surface area contributed by atoms with Crippen LogP contribution in [-0.2, 0) is 11.2 Å². The number of hydrogen-bond acceptors (Lipinski definition) is 3. The van der Waals surface area contributed by atoms with E-state index in [0.717, 1.165) is 51.0 Å². The normalized spacial score (nSPS) is 28.2. The van der Waals surface area contributed by atoms with Gasteiger partial charge in [0.1, 0.15) is 0 Å². The van der Waals surface area contributed by atoms with Crippen molar-refractivity contribution in [1.29, 1.82) is 5.41 Å². The molecule has 0 radical (unpaired) electrons. The van der Waals surface area contributed by atoms with Crippen LogP contribution in [0.1, 0.15) is 70.8 Å². The van der Waals surface area contributed by atoms with Crippen LogP contribution in [0, 0.1) is 17.2 Å². The fourth-order valence-corrected chi connectivity index (χ4v) is 6.36. The average Bonchev–Trinajstić information content (AvgIpc) is 3.26. The van der Waals surface area contributed by atoms with Gasteiger partial charge in [0.25, 0.3) is 0 Å². The number of anilines is 1. The van der Waals surface area contributed by atoms with Gasteiger partial charge in [-0.05, 0) is 82.9 Å². The Hall–Kier alpha value is -2.08. The van der Waals surface area contributed by atoms with Crippen molar-refractivity contribution in [1.82, 2.24) is 9.80 Å². The van der Waals surface area contributed by atoms with Crippen molar-refractivity contribution in [3.63, 3.8) is 0 Å². The molecule has 33 heavy (non-hydrogen) atoms. The van der Waals surface area contributed by atoms with Crippen LogP contribution in [0.2, 0.25) is 0 Å². The molecule has 3 aliphatic rings. The summed E-state index contributed by atoms with van der Waals surface area (Å²) in [5.74, 6) is 0.955. The van der Waals surface area contributed by atoms with E-state index >= 15 is 0 Å². The molecule has 1 amide bonds. The molecule has 0 bridgehead atoms. The zero-order valence-electron chi connectivity index (χ0n) is 20.6. The van der Waals surface area contributed by atoms with Gasteiger partial charge in [-0.25, -0.2) is 0 Å². The molecule has 0 spiro atoms. The SMILES string of the molecule is C[C@@H]1CCC[C@H](C)N1CCCCCN1C(=O)C(CC2CCN(C(=N)N)C2)Cc2ccccc21. The third kappa shape index (κ3) is 5.71. The molecule has 4 atom stereocenters. The number of nitrogens with two attached hydrogens (primary N) is 1. The first-order valence-electron chi connectivity index (χ1n) is 13.2. The number of carbonyl (C=O) groups is 1. The van der Waals surface area contributed by atoms with E-state index in [1.54, 1.807) is 0 Å². The number of benzene rings is 1. The molecule has 6 nitrogen and oxygen atoms in total. The third-order valence-corrected chi connectivity index (χ3v) is 8.28. The standard InChI is InChI=1S/C27H43N5O/c1-20-9-8-10-21(2)31(20)14-6-3-7-15-32-25-12-5-4-11-23(25)18-24(26(32)33)17-22-13-16-30(19-22)27(28)29/h4-5,11-12,20-22,24H,3,6-10,13-19H2,1-2H3,(H3,28,29)/t20-,21+,22?,24?. The molecule has 6 heteroatoms. The van der Waals surface area contributed by atoms with Crippen LogP contribution in [0.15, 0.2) is 24.3 Å². The van der Waals surface area contributed by atoms with E-state index in [9.17, 15) is 4.79 Å². The van der Waals surface area contributed by atoms with Crippen molar-refractivity contribution >= 4 is 17.6 Å². The Bertz CT molecular complexity index is 816. The van der Waals surface area contributed by atoms with Crippen LogP contribution < -0.4 is 10.6 Å². The lowest BCUT2D eigenvalue weighted by Gasteiger charge is -2.39. The Balaban J connectivity index is 1.31. The molecule has 0 aliphatic carbocycles. The number of carbonyl (C=O) groups excluding carboxylic acids is 1. The van der Waals surface area contributed by atoms with Crippen molar-refractivity contribution in [2.24, 2.45) is 17.6 Å². The number of piperidine rings is 1. The Morgan fingerprint density at radius 1 is 1.06 bits per heavy atom. The van der Waals surface area contributed by atoms with Gasteiger partial charge in [-0.2, -0.15) is 0 Å². The number of nitrogens with one attached hydrogen (secondary N) is 1. The fraction of sp³-hybridized carbons (Fsp3) is 0.704. The second-order valence-corrected chi connectivity index (χ2v) is 10.7. The first kappa shape index (κ1) is 24.1. The van der Waals surface area contributed by atoms with Gasteiger partial charge in [0.15, 0.2) is 5.96 Å². The average molecular weight is 454 g/mol. The van der Waals surface area contributed by atoms with Crippen molar-refractivity contribution in [2.75, 3.05) is 31.1 Å². The highest BCUT2D eigenvalue weighted by molar-refractivity contribution is 5.98. The van der Waals surface area contributed by atoms with Crippen LogP contribution in [0.3, 0.4) is 0 Å². The lowest BCUT2D eigenvalue weighted by atomic mass is 9.84. The smallest absolute Gasteiger partial charge is 0.230 e. The maximum absolute atomic E-state index is 13.5. The monoisotopic (exact) mass is 453 g/mol. The lowest BCUT2D eigenvalue weighted by Crippen LogP contribution is -2.44. The van der Waals surface area contributed by atoms with E-state index in [1.807, 2.05) is 4.90 Å².